The largest absolute Gasteiger partial charge is 0.478 e. The van der Waals surface area contributed by atoms with Crippen molar-refractivity contribution in [1.29, 1.82) is 0 Å². The van der Waals surface area contributed by atoms with E-state index >= 15 is 0 Å². The number of benzene rings is 1. The fourth-order valence-corrected chi connectivity index (χ4v) is 1.50. The van der Waals surface area contributed by atoms with Gasteiger partial charge in [-0.2, -0.15) is 8.78 Å². The number of nitrogens with two attached hydrogens (primary N) is 1. The highest BCUT2D eigenvalue weighted by Crippen LogP contribution is 2.21. The van der Waals surface area contributed by atoms with Gasteiger partial charge in [0, 0.05) is 12.4 Å². The fraction of sp³-hybridized carbons (Fsp3) is 0.0714. The standard InChI is InChI=1S/C14H9F2N3O3/c15-13(16)22-11-4-3-10(12(20)21)5-9(11)2-1-8-6-18-14(17)19-7-8/h3-7,13H,(H,20,21)(H2,17,18,19). The van der Waals surface area contributed by atoms with Crippen LogP contribution >= 0.6 is 0 Å². The molecule has 0 aliphatic heterocycles. The third kappa shape index (κ3) is 3.89. The number of aromatic carboxylic acids is 1. The Kier molecular flexibility index (Phi) is 4.48. The summed E-state index contributed by atoms with van der Waals surface area (Å²) in [6.07, 6.45) is 2.70. The topological polar surface area (TPSA) is 98.3 Å². The molecule has 1 aromatic carbocycles. The molecular formula is C14H9F2N3O3. The van der Waals surface area contributed by atoms with Crippen LogP contribution in [0.5, 0.6) is 5.75 Å². The SMILES string of the molecule is Nc1ncc(C#Cc2cc(C(=O)O)ccc2OC(F)F)cn1. The molecule has 8 heteroatoms. The van der Waals surface area contributed by atoms with Crippen molar-refractivity contribution in [2.24, 2.45) is 0 Å². The summed E-state index contributed by atoms with van der Waals surface area (Å²) in [6, 6.07) is 3.42. The van der Waals surface area contributed by atoms with Gasteiger partial charge in [-0.15, -0.1) is 0 Å². The Hall–Kier alpha value is -3.21. The van der Waals surface area contributed by atoms with Gasteiger partial charge in [-0.3, -0.25) is 0 Å². The maximum Gasteiger partial charge on any atom is 0.387 e. The van der Waals surface area contributed by atoms with Crippen LogP contribution in [-0.2, 0) is 0 Å². The highest BCUT2D eigenvalue weighted by molar-refractivity contribution is 5.88. The lowest BCUT2D eigenvalue weighted by atomic mass is 10.1. The van der Waals surface area contributed by atoms with E-state index in [1.165, 1.54) is 12.4 Å². The lowest BCUT2D eigenvalue weighted by molar-refractivity contribution is -0.0500. The Balaban J connectivity index is 2.40. The number of halogens is 2. The minimum Gasteiger partial charge on any atom is -0.478 e. The molecule has 0 aliphatic rings. The lowest BCUT2D eigenvalue weighted by Gasteiger charge is -2.07. The van der Waals surface area contributed by atoms with Crippen molar-refractivity contribution in [2.75, 3.05) is 5.73 Å². The molecule has 22 heavy (non-hydrogen) atoms. The number of ether oxygens (including phenoxy) is 1. The van der Waals surface area contributed by atoms with Crippen LogP contribution in [0.1, 0.15) is 21.5 Å². The van der Waals surface area contributed by atoms with Crippen molar-refractivity contribution in [1.82, 2.24) is 9.97 Å². The van der Waals surface area contributed by atoms with Crippen LogP contribution < -0.4 is 10.5 Å². The first kappa shape index (κ1) is 15.2. The zero-order valence-electron chi connectivity index (χ0n) is 11.0. The molecule has 112 valence electrons. The number of carboxylic acids is 1. The molecule has 3 N–H and O–H groups in total. The Labute approximate surface area is 123 Å². The molecule has 1 aromatic heterocycles. The molecule has 0 saturated heterocycles. The Bertz CT molecular complexity index is 752. The molecule has 2 rings (SSSR count). The number of anilines is 1. The van der Waals surface area contributed by atoms with Gasteiger partial charge in [-0.1, -0.05) is 11.8 Å². The van der Waals surface area contributed by atoms with Gasteiger partial charge in [0.1, 0.15) is 5.75 Å². The summed E-state index contributed by atoms with van der Waals surface area (Å²) >= 11 is 0. The minimum absolute atomic E-state index is 0.0111. The molecule has 0 aliphatic carbocycles. The smallest absolute Gasteiger partial charge is 0.387 e. The van der Waals surface area contributed by atoms with Crippen LogP contribution in [0.2, 0.25) is 0 Å². The molecule has 0 spiro atoms. The molecule has 0 amide bonds. The second-order valence-corrected chi connectivity index (χ2v) is 3.97. The molecule has 2 aromatic rings. The van der Waals surface area contributed by atoms with Crippen molar-refractivity contribution in [3.05, 3.63) is 47.3 Å². The number of hydrogen-bond donors (Lipinski definition) is 2. The zero-order valence-corrected chi connectivity index (χ0v) is 11.0. The van der Waals surface area contributed by atoms with Crippen molar-refractivity contribution in [3.63, 3.8) is 0 Å². The predicted molar refractivity (Wildman–Crippen MR) is 72.5 cm³/mol. The van der Waals surface area contributed by atoms with Crippen LogP contribution in [0, 0.1) is 11.8 Å². The summed E-state index contributed by atoms with van der Waals surface area (Å²) in [7, 11) is 0. The zero-order chi connectivity index (χ0) is 16.1. The number of aromatic nitrogens is 2. The van der Waals surface area contributed by atoms with Crippen LogP contribution in [0.4, 0.5) is 14.7 Å². The molecule has 0 radical (unpaired) electrons. The van der Waals surface area contributed by atoms with Gasteiger partial charge >= 0.3 is 12.6 Å². The Morgan fingerprint density at radius 1 is 1.27 bits per heavy atom. The summed E-state index contributed by atoms with van der Waals surface area (Å²) in [5.41, 5.74) is 5.63. The number of nitrogens with zero attached hydrogens (tertiary/aromatic N) is 2. The maximum atomic E-state index is 12.3. The molecule has 6 nitrogen and oxygen atoms in total. The monoisotopic (exact) mass is 305 g/mol. The minimum atomic E-state index is -3.05. The van der Waals surface area contributed by atoms with Crippen molar-refractivity contribution < 1.29 is 23.4 Å². The molecule has 1 heterocycles. The summed E-state index contributed by atoms with van der Waals surface area (Å²) in [5, 5.41) is 8.93. The third-order valence-corrected chi connectivity index (χ3v) is 2.46. The number of hydrogen-bond acceptors (Lipinski definition) is 5. The average molecular weight is 305 g/mol. The quantitative estimate of drug-likeness (QED) is 0.838. The summed E-state index contributed by atoms with van der Waals surface area (Å²) in [5.74, 6) is 3.82. The second-order valence-electron chi connectivity index (χ2n) is 3.97. The van der Waals surface area contributed by atoms with Crippen molar-refractivity contribution in [3.8, 4) is 17.6 Å². The average Bonchev–Trinajstić information content (AvgIpc) is 2.47. The van der Waals surface area contributed by atoms with E-state index in [2.05, 4.69) is 26.5 Å². The van der Waals surface area contributed by atoms with Crippen molar-refractivity contribution in [2.45, 2.75) is 6.61 Å². The van der Waals surface area contributed by atoms with Gasteiger partial charge < -0.3 is 15.6 Å². The molecule has 0 unspecified atom stereocenters. The van der Waals surface area contributed by atoms with Gasteiger partial charge in [-0.25, -0.2) is 14.8 Å². The maximum absolute atomic E-state index is 12.3. The van der Waals surface area contributed by atoms with E-state index in [4.69, 9.17) is 10.8 Å². The highest BCUT2D eigenvalue weighted by Gasteiger charge is 2.11. The van der Waals surface area contributed by atoms with Gasteiger partial charge in [0.05, 0.1) is 16.7 Å². The first-order valence-electron chi connectivity index (χ1n) is 5.87. The van der Waals surface area contributed by atoms with Gasteiger partial charge in [0.25, 0.3) is 0 Å². The first-order valence-corrected chi connectivity index (χ1v) is 5.87. The number of rotatable bonds is 3. The Morgan fingerprint density at radius 2 is 1.95 bits per heavy atom. The van der Waals surface area contributed by atoms with Crippen LogP contribution in [0.15, 0.2) is 30.6 Å². The van der Waals surface area contributed by atoms with Crippen LogP contribution in [0.25, 0.3) is 0 Å². The summed E-state index contributed by atoms with van der Waals surface area (Å²) < 4.78 is 29.0. The van der Waals surface area contributed by atoms with Crippen LogP contribution in [-0.4, -0.2) is 27.7 Å². The van der Waals surface area contributed by atoms with Crippen molar-refractivity contribution >= 4 is 11.9 Å². The normalized spacial score (nSPS) is 9.95. The summed E-state index contributed by atoms with van der Waals surface area (Å²) in [6.45, 7) is -3.05. The van der Waals surface area contributed by atoms with E-state index < -0.39 is 12.6 Å². The number of alkyl halides is 2. The highest BCUT2D eigenvalue weighted by atomic mass is 19.3. The third-order valence-electron chi connectivity index (χ3n) is 2.46. The van der Waals surface area contributed by atoms with Gasteiger partial charge in [0.15, 0.2) is 0 Å². The van der Waals surface area contributed by atoms with Gasteiger partial charge in [-0.05, 0) is 18.2 Å². The molecule has 0 bridgehead atoms. The molecule has 0 saturated carbocycles. The fourth-order valence-electron chi connectivity index (χ4n) is 1.50. The summed E-state index contributed by atoms with van der Waals surface area (Å²) in [4.78, 5) is 18.4. The Morgan fingerprint density at radius 3 is 2.55 bits per heavy atom. The molecule has 0 atom stereocenters. The van der Waals surface area contributed by atoms with Gasteiger partial charge in [0.2, 0.25) is 5.95 Å². The number of carbonyl (C=O) groups is 1. The number of nitrogen functional groups attached to an aromatic ring is 1. The van der Waals surface area contributed by atoms with Crippen LogP contribution in [0.3, 0.4) is 0 Å². The van der Waals surface area contributed by atoms with E-state index in [0.717, 1.165) is 18.2 Å². The number of carboxylic acid groups (broad SMARTS) is 1. The van der Waals surface area contributed by atoms with E-state index in [-0.39, 0.29) is 22.8 Å². The molecule has 0 fully saturated rings. The second kappa shape index (κ2) is 6.49. The van der Waals surface area contributed by atoms with E-state index in [1.807, 2.05) is 0 Å². The molecular weight excluding hydrogens is 296 g/mol. The predicted octanol–water partition coefficient (Wildman–Crippen LogP) is 1.76. The van der Waals surface area contributed by atoms with E-state index in [1.54, 1.807) is 0 Å². The van der Waals surface area contributed by atoms with E-state index in [0.29, 0.717) is 5.56 Å². The van der Waals surface area contributed by atoms with E-state index in [9.17, 15) is 13.6 Å². The lowest BCUT2D eigenvalue weighted by Crippen LogP contribution is -2.05. The first-order chi connectivity index (χ1) is 10.5.